The molecule has 2 heterocycles. The highest BCUT2D eigenvalue weighted by atomic mass is 32.1. The fraction of sp³-hybridized carbons (Fsp3) is 0.0833. The van der Waals surface area contributed by atoms with Crippen molar-refractivity contribution in [3.63, 3.8) is 0 Å². The molecule has 2 aromatic heterocycles. The molecule has 0 aliphatic carbocycles. The van der Waals surface area contributed by atoms with Crippen molar-refractivity contribution in [1.29, 1.82) is 0 Å². The number of nitrogens with zero attached hydrogens (tertiary/aromatic N) is 1. The van der Waals surface area contributed by atoms with Crippen LogP contribution in [0.5, 0.6) is 0 Å². The fourth-order valence-electron chi connectivity index (χ4n) is 1.22. The standard InChI is InChI=1S/C12H9NS/c1-2-3-12-8-11(9-14-12)10-4-6-13-7-5-10/h4-9H,1H3. The quantitative estimate of drug-likeness (QED) is 0.643. The summed E-state index contributed by atoms with van der Waals surface area (Å²) in [4.78, 5) is 5.10. The second-order valence-corrected chi connectivity index (χ2v) is 3.72. The van der Waals surface area contributed by atoms with Gasteiger partial charge in [0.05, 0.1) is 4.88 Å². The lowest BCUT2D eigenvalue weighted by Crippen LogP contribution is -1.73. The van der Waals surface area contributed by atoms with E-state index in [0.29, 0.717) is 0 Å². The summed E-state index contributed by atoms with van der Waals surface area (Å²) in [6.07, 6.45) is 3.61. The average molecular weight is 199 g/mol. The second kappa shape index (κ2) is 4.08. The first-order valence-electron chi connectivity index (χ1n) is 4.32. The van der Waals surface area contributed by atoms with Crippen LogP contribution in [0.3, 0.4) is 0 Å². The van der Waals surface area contributed by atoms with Gasteiger partial charge in [0.25, 0.3) is 0 Å². The zero-order valence-electron chi connectivity index (χ0n) is 7.82. The molecule has 0 saturated heterocycles. The zero-order valence-corrected chi connectivity index (χ0v) is 8.64. The van der Waals surface area contributed by atoms with Crippen molar-refractivity contribution in [2.75, 3.05) is 0 Å². The maximum atomic E-state index is 3.99. The van der Waals surface area contributed by atoms with Crippen molar-refractivity contribution < 1.29 is 0 Å². The van der Waals surface area contributed by atoms with Crippen molar-refractivity contribution in [2.45, 2.75) is 6.92 Å². The summed E-state index contributed by atoms with van der Waals surface area (Å²) in [5, 5.41) is 2.12. The summed E-state index contributed by atoms with van der Waals surface area (Å²) in [7, 11) is 0. The third-order valence-corrected chi connectivity index (χ3v) is 2.71. The highest BCUT2D eigenvalue weighted by Gasteiger charge is 1.99. The minimum atomic E-state index is 1.11. The molecule has 1 nitrogen and oxygen atoms in total. The van der Waals surface area contributed by atoms with Gasteiger partial charge in [-0.05, 0) is 41.6 Å². The Kier molecular flexibility index (Phi) is 2.62. The van der Waals surface area contributed by atoms with Gasteiger partial charge >= 0.3 is 0 Å². The van der Waals surface area contributed by atoms with Gasteiger partial charge in [0.2, 0.25) is 0 Å². The summed E-state index contributed by atoms with van der Waals surface area (Å²) >= 11 is 1.67. The first kappa shape index (κ1) is 8.98. The first-order chi connectivity index (χ1) is 6.90. The Bertz CT molecular complexity index is 474. The van der Waals surface area contributed by atoms with Gasteiger partial charge in [0, 0.05) is 12.4 Å². The van der Waals surface area contributed by atoms with Crippen LogP contribution in [0.15, 0.2) is 36.0 Å². The van der Waals surface area contributed by atoms with E-state index in [1.54, 1.807) is 23.7 Å². The SMILES string of the molecule is CC#Cc1cc(-c2ccncc2)cs1. The van der Waals surface area contributed by atoms with E-state index in [0.717, 1.165) is 4.88 Å². The van der Waals surface area contributed by atoms with E-state index in [9.17, 15) is 0 Å². The van der Waals surface area contributed by atoms with Gasteiger partial charge in [-0.15, -0.1) is 17.3 Å². The van der Waals surface area contributed by atoms with E-state index < -0.39 is 0 Å². The first-order valence-corrected chi connectivity index (χ1v) is 5.20. The molecule has 0 saturated carbocycles. The minimum Gasteiger partial charge on any atom is -0.265 e. The smallest absolute Gasteiger partial charge is 0.0774 e. The summed E-state index contributed by atoms with van der Waals surface area (Å²) in [5.41, 5.74) is 2.41. The van der Waals surface area contributed by atoms with E-state index >= 15 is 0 Å². The number of pyridine rings is 1. The molecule has 2 heteroatoms. The molecule has 0 aliphatic heterocycles. The van der Waals surface area contributed by atoms with Gasteiger partial charge in [-0.25, -0.2) is 0 Å². The van der Waals surface area contributed by atoms with Gasteiger partial charge in [-0.1, -0.05) is 5.92 Å². The molecule has 14 heavy (non-hydrogen) atoms. The Hall–Kier alpha value is -1.59. The topological polar surface area (TPSA) is 12.9 Å². The van der Waals surface area contributed by atoms with Crippen LogP contribution in [0.2, 0.25) is 0 Å². The summed E-state index contributed by atoms with van der Waals surface area (Å²) in [6.45, 7) is 1.85. The van der Waals surface area contributed by atoms with Crippen molar-refractivity contribution in [3.05, 3.63) is 40.8 Å². The number of rotatable bonds is 1. The third kappa shape index (κ3) is 1.84. The zero-order chi connectivity index (χ0) is 9.80. The Labute approximate surface area is 87.4 Å². The molecule has 0 bridgehead atoms. The van der Waals surface area contributed by atoms with Crippen LogP contribution in [-0.2, 0) is 0 Å². The Morgan fingerprint density at radius 3 is 2.71 bits per heavy atom. The second-order valence-electron chi connectivity index (χ2n) is 2.81. The molecule has 0 aliphatic rings. The van der Waals surface area contributed by atoms with Gasteiger partial charge < -0.3 is 0 Å². The molecule has 0 fully saturated rings. The van der Waals surface area contributed by atoms with Crippen LogP contribution in [0.25, 0.3) is 11.1 Å². The minimum absolute atomic E-state index is 1.11. The maximum Gasteiger partial charge on any atom is 0.0774 e. The summed E-state index contributed by atoms with van der Waals surface area (Å²) < 4.78 is 0. The van der Waals surface area contributed by atoms with E-state index in [1.807, 2.05) is 19.1 Å². The highest BCUT2D eigenvalue weighted by Crippen LogP contribution is 2.24. The lowest BCUT2D eigenvalue weighted by Gasteiger charge is -1.93. The van der Waals surface area contributed by atoms with Crippen LogP contribution >= 0.6 is 11.3 Å². The van der Waals surface area contributed by atoms with Crippen LogP contribution in [0, 0.1) is 11.8 Å². The van der Waals surface area contributed by atoms with Crippen molar-refractivity contribution >= 4 is 11.3 Å². The molecule has 0 amide bonds. The average Bonchev–Trinajstić information content (AvgIpc) is 2.68. The van der Waals surface area contributed by atoms with Crippen LogP contribution in [0.4, 0.5) is 0 Å². The fourth-order valence-corrected chi connectivity index (χ4v) is 2.03. The molecule has 0 N–H and O–H groups in total. The van der Waals surface area contributed by atoms with Gasteiger partial charge in [-0.3, -0.25) is 4.98 Å². The van der Waals surface area contributed by atoms with Crippen LogP contribution in [0.1, 0.15) is 11.8 Å². The van der Waals surface area contributed by atoms with Crippen molar-refractivity contribution in [3.8, 4) is 23.0 Å². The van der Waals surface area contributed by atoms with Crippen LogP contribution in [-0.4, -0.2) is 4.98 Å². The number of hydrogen-bond donors (Lipinski definition) is 0. The predicted molar refractivity (Wildman–Crippen MR) is 60.1 cm³/mol. The third-order valence-electron chi connectivity index (χ3n) is 1.86. The Morgan fingerprint density at radius 2 is 2.00 bits per heavy atom. The molecule has 0 atom stereocenters. The van der Waals surface area contributed by atoms with Gasteiger partial charge in [0.1, 0.15) is 0 Å². The number of aromatic nitrogens is 1. The van der Waals surface area contributed by atoms with E-state index in [2.05, 4.69) is 28.3 Å². The largest absolute Gasteiger partial charge is 0.265 e. The maximum absolute atomic E-state index is 3.99. The van der Waals surface area contributed by atoms with E-state index in [4.69, 9.17) is 0 Å². The molecular weight excluding hydrogens is 190 g/mol. The molecule has 2 rings (SSSR count). The summed E-state index contributed by atoms with van der Waals surface area (Å²) in [5.74, 6) is 5.95. The predicted octanol–water partition coefficient (Wildman–Crippen LogP) is 3.18. The molecule has 0 spiro atoms. The highest BCUT2D eigenvalue weighted by molar-refractivity contribution is 7.11. The lowest BCUT2D eigenvalue weighted by molar-refractivity contribution is 1.33. The Balaban J connectivity index is 2.37. The van der Waals surface area contributed by atoms with E-state index in [1.165, 1.54) is 11.1 Å². The van der Waals surface area contributed by atoms with Crippen LogP contribution < -0.4 is 0 Å². The molecule has 2 aromatic rings. The summed E-state index contributed by atoms with van der Waals surface area (Å²) in [6, 6.07) is 6.12. The van der Waals surface area contributed by atoms with Gasteiger partial charge in [0.15, 0.2) is 0 Å². The van der Waals surface area contributed by atoms with E-state index in [-0.39, 0.29) is 0 Å². The molecule has 68 valence electrons. The van der Waals surface area contributed by atoms with Gasteiger partial charge in [-0.2, -0.15) is 0 Å². The number of thiophene rings is 1. The molecule has 0 aromatic carbocycles. The molecular formula is C12H9NS. The lowest BCUT2D eigenvalue weighted by atomic mass is 10.1. The number of hydrogen-bond acceptors (Lipinski definition) is 2. The molecule has 0 radical (unpaired) electrons. The normalized spacial score (nSPS) is 9.21. The van der Waals surface area contributed by atoms with Crippen molar-refractivity contribution in [1.82, 2.24) is 4.98 Å². The molecule has 0 unspecified atom stereocenters. The Morgan fingerprint density at radius 1 is 1.21 bits per heavy atom. The van der Waals surface area contributed by atoms with Crippen molar-refractivity contribution in [2.24, 2.45) is 0 Å². The monoisotopic (exact) mass is 199 g/mol.